The Hall–Kier alpha value is -7.36. The molecule has 0 saturated heterocycles. The summed E-state index contributed by atoms with van der Waals surface area (Å²) in [7, 11) is 0. The van der Waals surface area contributed by atoms with E-state index in [4.69, 9.17) is 4.98 Å². The second-order valence-electron chi connectivity index (χ2n) is 17.6. The maximum atomic E-state index is 4.77. The molecule has 0 spiro atoms. The molecule has 0 N–H and O–H groups in total. The van der Waals surface area contributed by atoms with Gasteiger partial charge in [-0.2, -0.15) is 0 Å². The fraction of sp³-hybridized carbons (Fsp3) is 0.109. The van der Waals surface area contributed by atoms with Crippen LogP contribution in [-0.2, 0) is 45.8 Å². The standard InChI is InChI=1S/C64H50N3.Ir/c1-44-35-36-65-64(37-44)56-31-32-60(61(41-56)53-29-27-52(28-30-53)51-9-5-4-6-10-51)59-12-8-7-11-58(59)57-39-49(17-15-47-19-23-54(24-20-47)62-33-13-45(2)42-66-62)38-50(40-57)18-16-48-21-25-55(26-22-48)63-34-14-46(3)43-67-63;/h4-14,19-23,25,27-30,32-43H,15-18H2,1-3H3;/q-3;+3. The summed E-state index contributed by atoms with van der Waals surface area (Å²) in [5, 5.41) is 0. The molecule has 0 saturated carbocycles. The van der Waals surface area contributed by atoms with Crippen molar-refractivity contribution in [1.82, 2.24) is 15.0 Å². The predicted molar refractivity (Wildman–Crippen MR) is 276 cm³/mol. The summed E-state index contributed by atoms with van der Waals surface area (Å²) in [6.45, 7) is 6.23. The Labute approximate surface area is 415 Å². The van der Waals surface area contributed by atoms with E-state index in [2.05, 4.69) is 225 Å². The van der Waals surface area contributed by atoms with Crippen LogP contribution in [0.3, 0.4) is 0 Å². The Balaban J connectivity index is 0.00000578. The summed E-state index contributed by atoms with van der Waals surface area (Å²) in [5.41, 5.74) is 23.7. The minimum Gasteiger partial charge on any atom is -0.305 e. The van der Waals surface area contributed by atoms with E-state index in [0.29, 0.717) is 0 Å². The summed E-state index contributed by atoms with van der Waals surface area (Å²) in [6, 6.07) is 76.2. The second-order valence-corrected chi connectivity index (χ2v) is 17.6. The van der Waals surface area contributed by atoms with Gasteiger partial charge in [-0.3, -0.25) is 0 Å². The van der Waals surface area contributed by atoms with Crippen LogP contribution < -0.4 is 0 Å². The van der Waals surface area contributed by atoms with Gasteiger partial charge in [0, 0.05) is 18.6 Å². The molecular formula is C64H50IrN3. The smallest absolute Gasteiger partial charge is 0.305 e. The third-order valence-electron chi connectivity index (χ3n) is 12.6. The van der Waals surface area contributed by atoms with Crippen molar-refractivity contribution in [2.75, 3.05) is 0 Å². The summed E-state index contributed by atoms with van der Waals surface area (Å²) in [6.07, 6.45) is 9.31. The molecule has 3 nitrogen and oxygen atoms in total. The molecule has 0 aliphatic rings. The Bertz CT molecular complexity index is 3160. The summed E-state index contributed by atoms with van der Waals surface area (Å²) >= 11 is 0. The normalized spacial score (nSPS) is 11.0. The van der Waals surface area contributed by atoms with Crippen molar-refractivity contribution in [2.45, 2.75) is 46.5 Å². The van der Waals surface area contributed by atoms with Crippen LogP contribution in [0.5, 0.6) is 0 Å². The van der Waals surface area contributed by atoms with Gasteiger partial charge in [0.05, 0.1) is 0 Å². The van der Waals surface area contributed by atoms with Gasteiger partial charge in [0.25, 0.3) is 0 Å². The third kappa shape index (κ3) is 10.7. The van der Waals surface area contributed by atoms with Crippen molar-refractivity contribution >= 4 is 0 Å². The Morgan fingerprint density at radius 2 is 0.882 bits per heavy atom. The molecule has 0 unspecified atom stereocenters. The largest absolute Gasteiger partial charge is 3.00 e. The number of nitrogens with zero attached hydrogens (tertiary/aromatic N) is 3. The SMILES string of the molecule is Cc1ccc(-c2[c-]cc(CCc3cc(CCc4c[c-]c(-c5ccc(C)cn5)cc4)cc(-c4ccccc4-c4c[c-]c(-c5cc(C)ccn5)cc4-c4ccc(-c5ccccc5)cc4)c3)cc2)nc1.[Ir+3]. The van der Waals surface area contributed by atoms with Gasteiger partial charge in [0.2, 0.25) is 0 Å². The zero-order valence-corrected chi connectivity index (χ0v) is 41.0. The van der Waals surface area contributed by atoms with E-state index in [9.17, 15) is 0 Å². The van der Waals surface area contributed by atoms with Gasteiger partial charge in [-0.15, -0.1) is 94.5 Å². The third-order valence-corrected chi connectivity index (χ3v) is 12.6. The molecule has 0 bridgehead atoms. The molecule has 7 aromatic carbocycles. The van der Waals surface area contributed by atoms with E-state index in [1.54, 1.807) is 0 Å². The van der Waals surface area contributed by atoms with Crippen LogP contribution in [0.15, 0.2) is 201 Å². The van der Waals surface area contributed by atoms with Gasteiger partial charge in [0.15, 0.2) is 0 Å². The van der Waals surface area contributed by atoms with Crippen LogP contribution in [0.2, 0.25) is 0 Å². The molecule has 68 heavy (non-hydrogen) atoms. The average molecular weight is 1050 g/mol. The molecule has 10 aromatic rings. The number of aryl methyl sites for hydroxylation is 7. The molecule has 0 aliphatic heterocycles. The van der Waals surface area contributed by atoms with Crippen molar-refractivity contribution in [1.29, 1.82) is 0 Å². The van der Waals surface area contributed by atoms with Crippen molar-refractivity contribution in [3.05, 3.63) is 258 Å². The molecule has 0 fully saturated rings. The van der Waals surface area contributed by atoms with E-state index in [-0.39, 0.29) is 20.1 Å². The minimum atomic E-state index is 0. The van der Waals surface area contributed by atoms with E-state index in [1.807, 2.05) is 24.7 Å². The van der Waals surface area contributed by atoms with E-state index in [0.717, 1.165) is 92.8 Å². The number of aromatic nitrogens is 3. The summed E-state index contributed by atoms with van der Waals surface area (Å²) in [4.78, 5) is 14.0. The fourth-order valence-corrected chi connectivity index (χ4v) is 8.81. The molecule has 0 atom stereocenters. The first-order chi connectivity index (χ1) is 32.9. The number of benzene rings is 7. The van der Waals surface area contributed by atoms with Crippen molar-refractivity contribution in [2.24, 2.45) is 0 Å². The van der Waals surface area contributed by atoms with Crippen LogP contribution in [0.1, 0.15) is 38.9 Å². The van der Waals surface area contributed by atoms with Gasteiger partial charge in [-0.1, -0.05) is 162 Å². The van der Waals surface area contributed by atoms with E-state index < -0.39 is 0 Å². The summed E-state index contributed by atoms with van der Waals surface area (Å²) < 4.78 is 0. The van der Waals surface area contributed by atoms with Gasteiger partial charge >= 0.3 is 20.1 Å². The molecule has 0 amide bonds. The zero-order chi connectivity index (χ0) is 45.5. The van der Waals surface area contributed by atoms with Gasteiger partial charge in [0.1, 0.15) is 0 Å². The second kappa shape index (κ2) is 21.1. The Morgan fingerprint density at radius 3 is 1.44 bits per heavy atom. The first-order valence-electron chi connectivity index (χ1n) is 23.1. The first-order valence-corrected chi connectivity index (χ1v) is 23.1. The molecule has 10 rings (SSSR count). The number of pyridine rings is 3. The zero-order valence-electron chi connectivity index (χ0n) is 38.6. The topological polar surface area (TPSA) is 38.7 Å². The van der Waals surface area contributed by atoms with Crippen LogP contribution in [0, 0.1) is 39.0 Å². The van der Waals surface area contributed by atoms with Crippen molar-refractivity contribution in [3.8, 4) is 78.3 Å². The Kier molecular flexibility index (Phi) is 14.2. The fourth-order valence-electron chi connectivity index (χ4n) is 8.81. The van der Waals surface area contributed by atoms with Crippen LogP contribution in [-0.4, -0.2) is 15.0 Å². The average Bonchev–Trinajstić information content (AvgIpc) is 3.38. The predicted octanol–water partition coefficient (Wildman–Crippen LogP) is 15.4. The van der Waals surface area contributed by atoms with Crippen molar-refractivity contribution in [3.63, 3.8) is 0 Å². The number of hydrogen-bond acceptors (Lipinski definition) is 3. The van der Waals surface area contributed by atoms with Gasteiger partial charge in [-0.05, 0) is 107 Å². The van der Waals surface area contributed by atoms with Gasteiger partial charge < -0.3 is 15.0 Å². The first kappa shape index (κ1) is 45.8. The molecule has 3 heterocycles. The number of rotatable bonds is 13. The molecular weight excluding hydrogens is 1000 g/mol. The monoisotopic (exact) mass is 1050 g/mol. The molecule has 330 valence electrons. The molecule has 0 radical (unpaired) electrons. The number of hydrogen-bond donors (Lipinski definition) is 0. The van der Waals surface area contributed by atoms with E-state index >= 15 is 0 Å². The quantitative estimate of drug-likeness (QED) is 0.108. The van der Waals surface area contributed by atoms with Crippen LogP contribution >= 0.6 is 0 Å². The van der Waals surface area contributed by atoms with Gasteiger partial charge in [-0.25, -0.2) is 0 Å². The maximum Gasteiger partial charge on any atom is 3.00 e. The minimum absolute atomic E-state index is 0. The summed E-state index contributed by atoms with van der Waals surface area (Å²) in [5.74, 6) is 0. The maximum absolute atomic E-state index is 4.77. The van der Waals surface area contributed by atoms with E-state index in [1.165, 1.54) is 50.1 Å². The Morgan fingerprint density at radius 1 is 0.338 bits per heavy atom. The van der Waals surface area contributed by atoms with Crippen LogP contribution in [0.25, 0.3) is 78.3 Å². The molecule has 4 heteroatoms. The molecule has 3 aromatic heterocycles. The van der Waals surface area contributed by atoms with Crippen molar-refractivity contribution < 1.29 is 20.1 Å². The van der Waals surface area contributed by atoms with Crippen LogP contribution in [0.4, 0.5) is 0 Å². The molecule has 0 aliphatic carbocycles.